The molecule has 0 aromatic rings. The van der Waals surface area contributed by atoms with Gasteiger partial charge in [0.25, 0.3) is 0 Å². The predicted octanol–water partition coefficient (Wildman–Crippen LogP) is 3.61. The van der Waals surface area contributed by atoms with Crippen LogP contribution in [0, 0.1) is 0 Å². The van der Waals surface area contributed by atoms with Crippen molar-refractivity contribution >= 4 is 15.4 Å². The largest absolute Gasteiger partial charge is 0.458 e. The van der Waals surface area contributed by atoms with Crippen LogP contribution in [0.4, 0.5) is 0 Å². The zero-order valence-corrected chi connectivity index (χ0v) is 14.2. The monoisotopic (exact) mass is 284 g/mol. The van der Waals surface area contributed by atoms with Gasteiger partial charge in [0.15, 0.2) is 8.32 Å². The molecule has 5 heteroatoms. The van der Waals surface area contributed by atoms with E-state index in [1.807, 2.05) is 12.2 Å². The third kappa shape index (κ3) is 3.94. The SMILES string of the molecule is CC(C)[Si](OCC1C=CCB(O)O1)(C(C)C)C(C)C. The van der Waals surface area contributed by atoms with E-state index in [1.165, 1.54) is 0 Å². The van der Waals surface area contributed by atoms with Gasteiger partial charge in [0.2, 0.25) is 0 Å². The quantitative estimate of drug-likeness (QED) is 0.598. The van der Waals surface area contributed by atoms with Crippen LogP contribution in [0.1, 0.15) is 41.5 Å². The number of allylic oxidation sites excluding steroid dienone is 1. The molecule has 0 spiro atoms. The molecule has 19 heavy (non-hydrogen) atoms. The Bertz CT molecular complexity index is 283. The van der Waals surface area contributed by atoms with Crippen molar-refractivity contribution in [3.63, 3.8) is 0 Å². The predicted molar refractivity (Wildman–Crippen MR) is 83.8 cm³/mol. The average molecular weight is 284 g/mol. The van der Waals surface area contributed by atoms with Crippen molar-refractivity contribution in [2.75, 3.05) is 6.61 Å². The Balaban J connectivity index is 2.73. The third-order valence-electron chi connectivity index (χ3n) is 4.23. The molecular weight excluding hydrogens is 255 g/mol. The highest BCUT2D eigenvalue weighted by molar-refractivity contribution is 6.77. The minimum absolute atomic E-state index is 0.105. The molecule has 0 aromatic heterocycles. The zero-order chi connectivity index (χ0) is 14.6. The van der Waals surface area contributed by atoms with Gasteiger partial charge in [-0.15, -0.1) is 0 Å². The first-order valence-electron chi connectivity index (χ1n) is 7.44. The third-order valence-corrected chi connectivity index (χ3v) is 10.3. The fourth-order valence-corrected chi connectivity index (χ4v) is 8.92. The second kappa shape index (κ2) is 7.07. The first-order valence-corrected chi connectivity index (χ1v) is 9.58. The summed E-state index contributed by atoms with van der Waals surface area (Å²) < 4.78 is 11.9. The summed E-state index contributed by atoms with van der Waals surface area (Å²) >= 11 is 0. The first-order chi connectivity index (χ1) is 8.80. The van der Waals surface area contributed by atoms with Crippen LogP contribution in [0.25, 0.3) is 0 Å². The Kier molecular flexibility index (Phi) is 6.31. The molecule has 0 aliphatic carbocycles. The van der Waals surface area contributed by atoms with E-state index in [0.717, 1.165) is 0 Å². The summed E-state index contributed by atoms with van der Waals surface area (Å²) in [7, 11) is -2.50. The van der Waals surface area contributed by atoms with E-state index in [-0.39, 0.29) is 6.10 Å². The van der Waals surface area contributed by atoms with Crippen LogP contribution in [0.3, 0.4) is 0 Å². The average Bonchev–Trinajstić information content (AvgIpc) is 2.28. The Labute approximate surface area is 119 Å². The molecule has 3 nitrogen and oxygen atoms in total. The topological polar surface area (TPSA) is 38.7 Å². The number of hydrogen-bond donors (Lipinski definition) is 1. The number of hydrogen-bond acceptors (Lipinski definition) is 3. The standard InChI is InChI=1S/C14H29BO3Si/c1-11(2)19(12(3)4,13(5)6)17-10-14-8-7-9-15(16)18-14/h7-8,11-14,16H,9-10H2,1-6H3. The first kappa shape index (κ1) is 17.0. The molecule has 0 saturated carbocycles. The molecule has 0 bridgehead atoms. The Morgan fingerprint density at radius 1 is 1.21 bits per heavy atom. The highest BCUT2D eigenvalue weighted by Crippen LogP contribution is 2.42. The van der Waals surface area contributed by atoms with E-state index in [2.05, 4.69) is 41.5 Å². The molecule has 0 radical (unpaired) electrons. The molecule has 1 aliphatic heterocycles. The van der Waals surface area contributed by atoms with Gasteiger partial charge in [-0.25, -0.2) is 0 Å². The van der Waals surface area contributed by atoms with E-state index < -0.39 is 15.4 Å². The van der Waals surface area contributed by atoms with Crippen molar-refractivity contribution < 1.29 is 14.1 Å². The lowest BCUT2D eigenvalue weighted by Crippen LogP contribution is -2.49. The van der Waals surface area contributed by atoms with Gasteiger partial charge < -0.3 is 14.1 Å². The highest BCUT2D eigenvalue weighted by Gasteiger charge is 2.45. The van der Waals surface area contributed by atoms with E-state index in [1.54, 1.807) is 0 Å². The van der Waals surface area contributed by atoms with Gasteiger partial charge in [0.1, 0.15) is 0 Å². The van der Waals surface area contributed by atoms with Crippen LogP contribution in [-0.2, 0) is 9.08 Å². The molecule has 0 aromatic carbocycles. The lowest BCUT2D eigenvalue weighted by Gasteiger charge is -2.43. The molecule has 1 rings (SSSR count). The summed E-state index contributed by atoms with van der Waals surface area (Å²) in [5.74, 6) is 0. The van der Waals surface area contributed by atoms with Crippen molar-refractivity contribution in [2.24, 2.45) is 0 Å². The highest BCUT2D eigenvalue weighted by atomic mass is 28.4. The summed E-state index contributed by atoms with van der Waals surface area (Å²) in [6, 6.07) is 0. The maximum absolute atomic E-state index is 9.52. The Hall–Kier alpha value is -0.0982. The van der Waals surface area contributed by atoms with E-state index in [9.17, 15) is 5.02 Å². The van der Waals surface area contributed by atoms with Crippen LogP contribution < -0.4 is 0 Å². The second-order valence-corrected chi connectivity index (χ2v) is 11.9. The molecular formula is C14H29BO3Si. The molecule has 0 fully saturated rings. The van der Waals surface area contributed by atoms with Crippen LogP contribution in [0.5, 0.6) is 0 Å². The van der Waals surface area contributed by atoms with Crippen LogP contribution in [0.15, 0.2) is 12.2 Å². The maximum atomic E-state index is 9.52. The van der Waals surface area contributed by atoms with Crippen molar-refractivity contribution in [1.82, 2.24) is 0 Å². The lowest BCUT2D eigenvalue weighted by atomic mass is 9.82. The fraction of sp³-hybridized carbons (Fsp3) is 0.857. The van der Waals surface area contributed by atoms with E-state index in [4.69, 9.17) is 9.08 Å². The van der Waals surface area contributed by atoms with E-state index in [0.29, 0.717) is 29.6 Å². The van der Waals surface area contributed by atoms with Crippen LogP contribution >= 0.6 is 0 Å². The summed E-state index contributed by atoms with van der Waals surface area (Å²) in [4.78, 5) is 0. The minimum atomic E-state index is -1.83. The fourth-order valence-electron chi connectivity index (χ4n) is 3.47. The van der Waals surface area contributed by atoms with Gasteiger partial charge in [-0.3, -0.25) is 0 Å². The number of rotatable bonds is 6. The second-order valence-electron chi connectivity index (χ2n) is 6.42. The van der Waals surface area contributed by atoms with Gasteiger partial charge in [-0.05, 0) is 16.6 Å². The van der Waals surface area contributed by atoms with E-state index >= 15 is 0 Å². The van der Waals surface area contributed by atoms with Gasteiger partial charge in [-0.1, -0.05) is 53.7 Å². The van der Waals surface area contributed by atoms with Crippen molar-refractivity contribution in [3.8, 4) is 0 Å². The zero-order valence-electron chi connectivity index (χ0n) is 13.2. The smallest absolute Gasteiger partial charge is 0.427 e. The summed E-state index contributed by atoms with van der Waals surface area (Å²) in [6.07, 6.45) is 4.46. The van der Waals surface area contributed by atoms with Gasteiger partial charge in [-0.2, -0.15) is 0 Å². The normalized spacial score (nSPS) is 20.9. The van der Waals surface area contributed by atoms with Crippen LogP contribution in [-0.4, -0.2) is 33.2 Å². The molecule has 1 atom stereocenters. The van der Waals surface area contributed by atoms with Gasteiger partial charge in [0, 0.05) is 6.32 Å². The molecule has 1 aliphatic rings. The summed E-state index contributed by atoms with van der Waals surface area (Å²) in [5.41, 5.74) is 1.72. The molecule has 1 N–H and O–H groups in total. The maximum Gasteiger partial charge on any atom is 0.458 e. The molecule has 110 valence electrons. The van der Waals surface area contributed by atoms with Crippen molar-refractivity contribution in [2.45, 2.75) is 70.6 Å². The Morgan fingerprint density at radius 2 is 1.74 bits per heavy atom. The molecule has 1 heterocycles. The summed E-state index contributed by atoms with van der Waals surface area (Å²) in [6.45, 7) is 14.2. The molecule has 1 unspecified atom stereocenters. The van der Waals surface area contributed by atoms with Crippen LogP contribution in [0.2, 0.25) is 22.9 Å². The van der Waals surface area contributed by atoms with Crippen molar-refractivity contribution in [1.29, 1.82) is 0 Å². The molecule has 0 amide bonds. The minimum Gasteiger partial charge on any atom is -0.427 e. The Morgan fingerprint density at radius 3 is 2.16 bits per heavy atom. The summed E-state index contributed by atoms with van der Waals surface area (Å²) in [5, 5.41) is 9.52. The molecule has 0 saturated heterocycles. The van der Waals surface area contributed by atoms with Crippen molar-refractivity contribution in [3.05, 3.63) is 12.2 Å². The lowest BCUT2D eigenvalue weighted by molar-refractivity contribution is 0.126. The van der Waals surface area contributed by atoms with Gasteiger partial charge in [0.05, 0.1) is 12.7 Å². The van der Waals surface area contributed by atoms with Gasteiger partial charge >= 0.3 is 7.12 Å².